The molecule has 0 bridgehead atoms. The number of aromatic nitrogens is 2. The Morgan fingerprint density at radius 1 is 0.632 bits per heavy atom. The number of benzene rings is 6. The highest BCUT2D eigenvalue weighted by atomic mass is 32.1. The normalized spacial score (nSPS) is 15.2. The second-order valence-corrected chi connectivity index (χ2v) is 16.2. The SMILES string of the molecule is C1=CNC(c2ccccc2C2=Cc3c(n(-c4ccc5sc6ccccc6c5c4)c4ccc(-c5ccc6oc7ccc(-c8ccccn8)cc7c6c5)cc34)CC2)C=C1. The van der Waals surface area contributed by atoms with Gasteiger partial charge in [-0.15, -0.1) is 11.3 Å². The van der Waals surface area contributed by atoms with Crippen LogP contribution >= 0.6 is 11.3 Å². The van der Waals surface area contributed by atoms with Gasteiger partial charge in [0.25, 0.3) is 0 Å². The van der Waals surface area contributed by atoms with Gasteiger partial charge in [0, 0.05) is 65.0 Å². The molecule has 1 N–H and O–H groups in total. The van der Waals surface area contributed by atoms with Gasteiger partial charge in [0.15, 0.2) is 0 Å². The van der Waals surface area contributed by atoms with Crippen molar-refractivity contribution in [3.63, 3.8) is 0 Å². The fraction of sp³-hybridized carbons (Fsp3) is 0.0577. The van der Waals surface area contributed by atoms with E-state index in [9.17, 15) is 0 Å². The first-order valence-corrected chi connectivity index (χ1v) is 20.4. The standard InChI is InChI=1S/C52H35N3OS/c1-2-10-38(46-13-6-8-26-54-46)37(9-1)34-16-21-48-41(29-34)40-27-32(15-20-47(40)55(48)36-19-24-52-44(31-36)39-11-3-4-14-51(39)57-52)33-17-22-49-42(28-33)43-30-35(18-23-50(43)56-49)45-12-5-7-25-53-45/h1-15,17-20,22-31,46,54H,16,21H2. The summed E-state index contributed by atoms with van der Waals surface area (Å²) in [7, 11) is 0. The maximum Gasteiger partial charge on any atom is 0.135 e. The molecule has 0 saturated heterocycles. The second kappa shape index (κ2) is 12.8. The van der Waals surface area contributed by atoms with Crippen molar-refractivity contribution in [2.75, 3.05) is 0 Å². The molecule has 0 spiro atoms. The lowest BCUT2D eigenvalue weighted by Crippen LogP contribution is -2.17. The van der Waals surface area contributed by atoms with E-state index in [0.29, 0.717) is 0 Å². The zero-order chi connectivity index (χ0) is 37.5. The van der Waals surface area contributed by atoms with Crippen LogP contribution in [0.3, 0.4) is 0 Å². The van der Waals surface area contributed by atoms with Gasteiger partial charge in [-0.05, 0) is 138 Å². The minimum Gasteiger partial charge on any atom is -0.456 e. The third-order valence-corrected chi connectivity index (χ3v) is 13.0. The fourth-order valence-electron chi connectivity index (χ4n) is 9.16. The maximum atomic E-state index is 6.35. The second-order valence-electron chi connectivity index (χ2n) is 15.1. The highest BCUT2D eigenvalue weighted by Gasteiger charge is 2.25. The molecule has 2 aliphatic rings. The molecule has 1 atom stereocenters. The van der Waals surface area contributed by atoms with Crippen LogP contribution in [0.15, 0.2) is 175 Å². The van der Waals surface area contributed by atoms with Crippen molar-refractivity contribution in [2.24, 2.45) is 0 Å². The summed E-state index contributed by atoms with van der Waals surface area (Å²) in [6.07, 6.45) is 14.7. The topological polar surface area (TPSA) is 43.0 Å². The van der Waals surface area contributed by atoms with Gasteiger partial charge in [-0.1, -0.05) is 72.8 Å². The molecule has 12 rings (SSSR count). The van der Waals surface area contributed by atoms with E-state index < -0.39 is 0 Å². The average Bonchev–Trinajstić information content (AvgIpc) is 3.95. The summed E-state index contributed by atoms with van der Waals surface area (Å²) in [6, 6.07) is 50.9. The van der Waals surface area contributed by atoms with Crippen LogP contribution in [0.25, 0.3) is 92.7 Å². The summed E-state index contributed by atoms with van der Waals surface area (Å²) < 4.78 is 11.5. The van der Waals surface area contributed by atoms with Crippen LogP contribution in [0.4, 0.5) is 0 Å². The Bertz CT molecular complexity index is 3340. The van der Waals surface area contributed by atoms with Crippen molar-refractivity contribution in [2.45, 2.75) is 18.9 Å². The minimum atomic E-state index is 0.141. The number of pyridine rings is 1. The molecule has 5 heterocycles. The summed E-state index contributed by atoms with van der Waals surface area (Å²) in [6.45, 7) is 0. The van der Waals surface area contributed by atoms with Crippen LogP contribution in [-0.4, -0.2) is 9.55 Å². The van der Waals surface area contributed by atoms with Crippen LogP contribution in [0, 0.1) is 0 Å². The third kappa shape index (κ3) is 5.23. The molecule has 1 unspecified atom stereocenters. The number of thiophene rings is 1. The molecule has 0 saturated carbocycles. The molecular weight excluding hydrogens is 715 g/mol. The van der Waals surface area contributed by atoms with E-state index in [4.69, 9.17) is 4.42 Å². The van der Waals surface area contributed by atoms with Crippen LogP contribution in [0.5, 0.6) is 0 Å². The molecule has 0 fully saturated rings. The molecule has 0 radical (unpaired) electrons. The monoisotopic (exact) mass is 749 g/mol. The van der Waals surface area contributed by atoms with Gasteiger partial charge in [-0.3, -0.25) is 4.98 Å². The van der Waals surface area contributed by atoms with Gasteiger partial charge in [0.2, 0.25) is 0 Å². The molecule has 6 aromatic carbocycles. The largest absolute Gasteiger partial charge is 0.456 e. The number of nitrogens with zero attached hydrogens (tertiary/aromatic N) is 2. The molecule has 1 aliphatic carbocycles. The van der Waals surface area contributed by atoms with Crippen molar-refractivity contribution < 1.29 is 4.42 Å². The van der Waals surface area contributed by atoms with Crippen LogP contribution in [0.2, 0.25) is 0 Å². The summed E-state index contributed by atoms with van der Waals surface area (Å²) >= 11 is 1.87. The van der Waals surface area contributed by atoms with Crippen molar-refractivity contribution >= 4 is 76.0 Å². The predicted molar refractivity (Wildman–Crippen MR) is 239 cm³/mol. The lowest BCUT2D eigenvalue weighted by atomic mass is 9.86. The Morgan fingerprint density at radius 2 is 1.40 bits per heavy atom. The lowest BCUT2D eigenvalue weighted by molar-refractivity contribution is 0.669. The number of dihydropyridines is 1. The first kappa shape index (κ1) is 32.3. The van der Waals surface area contributed by atoms with E-state index >= 15 is 0 Å². The molecule has 5 heteroatoms. The minimum absolute atomic E-state index is 0.141. The van der Waals surface area contributed by atoms with Crippen molar-refractivity contribution in [1.82, 2.24) is 14.9 Å². The third-order valence-electron chi connectivity index (χ3n) is 11.9. The highest BCUT2D eigenvalue weighted by molar-refractivity contribution is 7.25. The summed E-state index contributed by atoms with van der Waals surface area (Å²) in [4.78, 5) is 4.61. The van der Waals surface area contributed by atoms with E-state index in [0.717, 1.165) is 51.6 Å². The molecule has 0 amide bonds. The van der Waals surface area contributed by atoms with E-state index in [1.165, 1.54) is 70.3 Å². The predicted octanol–water partition coefficient (Wildman–Crippen LogP) is 13.8. The van der Waals surface area contributed by atoms with E-state index in [2.05, 4.69) is 167 Å². The molecule has 4 aromatic heterocycles. The van der Waals surface area contributed by atoms with Gasteiger partial charge in [0.1, 0.15) is 11.2 Å². The van der Waals surface area contributed by atoms with Gasteiger partial charge in [0.05, 0.1) is 17.3 Å². The van der Waals surface area contributed by atoms with Gasteiger partial charge in [-0.25, -0.2) is 0 Å². The van der Waals surface area contributed by atoms with Crippen LogP contribution < -0.4 is 5.32 Å². The molecule has 10 aromatic rings. The van der Waals surface area contributed by atoms with Gasteiger partial charge < -0.3 is 14.3 Å². The Hall–Kier alpha value is -6.95. The molecule has 57 heavy (non-hydrogen) atoms. The lowest BCUT2D eigenvalue weighted by Gasteiger charge is -2.23. The smallest absolute Gasteiger partial charge is 0.135 e. The Morgan fingerprint density at radius 3 is 2.26 bits per heavy atom. The van der Waals surface area contributed by atoms with Gasteiger partial charge >= 0.3 is 0 Å². The first-order valence-electron chi connectivity index (χ1n) is 19.6. The number of furan rings is 1. The summed E-state index contributed by atoms with van der Waals surface area (Å²) in [5, 5.41) is 9.67. The number of rotatable bonds is 5. The maximum absolute atomic E-state index is 6.35. The van der Waals surface area contributed by atoms with Crippen LogP contribution in [0.1, 0.15) is 34.8 Å². The summed E-state index contributed by atoms with van der Waals surface area (Å²) in [5.41, 5.74) is 15.2. The number of fused-ring (bicyclic) bond motifs is 9. The quantitative estimate of drug-likeness (QED) is 0.191. The van der Waals surface area contributed by atoms with E-state index in [-0.39, 0.29) is 6.04 Å². The van der Waals surface area contributed by atoms with Crippen molar-refractivity contribution in [3.05, 3.63) is 193 Å². The Kier molecular flexibility index (Phi) is 7.26. The average molecular weight is 750 g/mol. The number of hydrogen-bond acceptors (Lipinski definition) is 4. The molecular formula is C52H35N3OS. The fourth-order valence-corrected chi connectivity index (χ4v) is 10.3. The first-order chi connectivity index (χ1) is 28.2. The van der Waals surface area contributed by atoms with Crippen LogP contribution in [-0.2, 0) is 6.42 Å². The Labute approximate surface area is 333 Å². The van der Waals surface area contributed by atoms with E-state index in [1.54, 1.807) is 0 Å². The molecule has 4 nitrogen and oxygen atoms in total. The van der Waals surface area contributed by atoms with Crippen molar-refractivity contribution in [3.8, 4) is 28.1 Å². The van der Waals surface area contributed by atoms with Crippen molar-refractivity contribution in [1.29, 1.82) is 0 Å². The molecule has 270 valence electrons. The highest BCUT2D eigenvalue weighted by Crippen LogP contribution is 2.43. The van der Waals surface area contributed by atoms with Gasteiger partial charge in [-0.2, -0.15) is 0 Å². The zero-order valence-electron chi connectivity index (χ0n) is 30.9. The van der Waals surface area contributed by atoms with E-state index in [1.807, 2.05) is 35.9 Å². The Balaban J connectivity index is 1.05. The summed E-state index contributed by atoms with van der Waals surface area (Å²) in [5.74, 6) is 0. The zero-order valence-corrected chi connectivity index (χ0v) is 31.8. The number of hydrogen-bond donors (Lipinski definition) is 1. The molecule has 1 aliphatic heterocycles. The number of allylic oxidation sites excluding steroid dienone is 3. The number of nitrogens with one attached hydrogen (secondary N) is 1.